The van der Waals surface area contributed by atoms with Crippen LogP contribution in [0, 0.1) is 24.2 Å². The van der Waals surface area contributed by atoms with E-state index in [1.165, 1.54) is 0 Å². The van der Waals surface area contributed by atoms with Gasteiger partial charge in [-0.25, -0.2) is 4.79 Å². The number of benzene rings is 2. The van der Waals surface area contributed by atoms with Crippen LogP contribution in [-0.2, 0) is 9.53 Å². The SMILES string of the molecule is CCOC(=O)CNC(=O)N(c1ccc(C#CCNc2ccc(C(=N)N)cc2)cc1C)C(C)C. The molecule has 8 heteroatoms. The van der Waals surface area contributed by atoms with Crippen molar-refractivity contribution in [3.63, 3.8) is 0 Å². The van der Waals surface area contributed by atoms with E-state index in [-0.39, 0.29) is 31.1 Å². The molecule has 2 amide bonds. The van der Waals surface area contributed by atoms with Gasteiger partial charge in [0.1, 0.15) is 12.4 Å². The number of nitrogens with zero attached hydrogens (tertiary/aromatic N) is 1. The lowest BCUT2D eigenvalue weighted by molar-refractivity contribution is -0.141. The molecule has 5 N–H and O–H groups in total. The van der Waals surface area contributed by atoms with Gasteiger partial charge in [0.05, 0.1) is 13.2 Å². The first-order valence-corrected chi connectivity index (χ1v) is 10.7. The van der Waals surface area contributed by atoms with Gasteiger partial charge < -0.3 is 21.1 Å². The Hall–Kier alpha value is -3.99. The standard InChI is InChI=1S/C25H31N5O3/c1-5-33-23(31)16-29-25(32)30(17(2)3)22-13-8-19(15-18(22)4)7-6-14-28-21-11-9-20(10-12-21)24(26)27/h8-13,15,17,28H,5,14,16H2,1-4H3,(H3,26,27)(H,29,32). The van der Waals surface area contributed by atoms with Gasteiger partial charge in [-0.3, -0.25) is 15.1 Å². The number of urea groups is 1. The number of esters is 1. The highest BCUT2D eigenvalue weighted by molar-refractivity contribution is 5.95. The summed E-state index contributed by atoms with van der Waals surface area (Å²) in [6, 6.07) is 12.4. The molecule has 0 fully saturated rings. The molecule has 0 aliphatic heterocycles. The number of hydrogen-bond acceptors (Lipinski definition) is 5. The van der Waals surface area contributed by atoms with E-state index in [4.69, 9.17) is 15.9 Å². The molecule has 0 radical (unpaired) electrons. The average Bonchev–Trinajstić information content (AvgIpc) is 2.77. The molecule has 0 spiro atoms. The van der Waals surface area contributed by atoms with Crippen LogP contribution in [0.1, 0.15) is 37.5 Å². The molecule has 0 saturated heterocycles. The van der Waals surface area contributed by atoms with Gasteiger partial charge in [0.25, 0.3) is 0 Å². The lowest BCUT2D eigenvalue weighted by Gasteiger charge is -2.28. The molecule has 174 valence electrons. The van der Waals surface area contributed by atoms with Crippen LogP contribution in [0.15, 0.2) is 42.5 Å². The second-order valence-corrected chi connectivity index (χ2v) is 7.58. The quantitative estimate of drug-likeness (QED) is 0.213. The number of rotatable bonds is 8. The number of nitrogens with one attached hydrogen (secondary N) is 3. The van der Waals surface area contributed by atoms with Crippen LogP contribution < -0.4 is 21.3 Å². The van der Waals surface area contributed by atoms with Crippen molar-refractivity contribution in [2.24, 2.45) is 5.73 Å². The highest BCUT2D eigenvalue weighted by atomic mass is 16.5. The van der Waals surface area contributed by atoms with Gasteiger partial charge in [0.2, 0.25) is 0 Å². The Morgan fingerprint density at radius 1 is 1.18 bits per heavy atom. The van der Waals surface area contributed by atoms with E-state index in [1.807, 2.05) is 51.1 Å². The summed E-state index contributed by atoms with van der Waals surface area (Å²) >= 11 is 0. The number of carbonyl (C=O) groups excluding carboxylic acids is 2. The number of hydrogen-bond donors (Lipinski definition) is 4. The number of anilines is 2. The van der Waals surface area contributed by atoms with E-state index >= 15 is 0 Å². The maximum Gasteiger partial charge on any atom is 0.325 e. The van der Waals surface area contributed by atoms with Crippen molar-refractivity contribution < 1.29 is 14.3 Å². The molecule has 2 aromatic carbocycles. The van der Waals surface area contributed by atoms with E-state index < -0.39 is 5.97 Å². The summed E-state index contributed by atoms with van der Waals surface area (Å²) in [5.74, 6) is 5.76. The predicted octanol–water partition coefficient (Wildman–Crippen LogP) is 3.23. The molecule has 0 aliphatic carbocycles. The molecular formula is C25H31N5O3. The summed E-state index contributed by atoms with van der Waals surface area (Å²) < 4.78 is 4.86. The van der Waals surface area contributed by atoms with Crippen molar-refractivity contribution in [1.82, 2.24) is 5.32 Å². The molecule has 0 atom stereocenters. The van der Waals surface area contributed by atoms with E-state index in [9.17, 15) is 9.59 Å². The minimum absolute atomic E-state index is 0.0349. The van der Waals surface area contributed by atoms with Crippen molar-refractivity contribution in [2.75, 3.05) is 29.9 Å². The number of amides is 2. The number of ether oxygens (including phenoxy) is 1. The molecule has 0 bridgehead atoms. The van der Waals surface area contributed by atoms with Crippen LogP contribution in [0.2, 0.25) is 0 Å². The molecule has 0 aliphatic rings. The van der Waals surface area contributed by atoms with Crippen LogP contribution in [-0.4, -0.2) is 43.6 Å². The first kappa shape index (κ1) is 25.3. The van der Waals surface area contributed by atoms with E-state index in [2.05, 4.69) is 22.5 Å². The molecule has 2 aromatic rings. The number of nitrogens with two attached hydrogens (primary N) is 1. The summed E-state index contributed by atoms with van der Waals surface area (Å²) in [5.41, 5.74) is 9.51. The Balaban J connectivity index is 2.03. The molecule has 8 nitrogen and oxygen atoms in total. The van der Waals surface area contributed by atoms with Gasteiger partial charge in [-0.1, -0.05) is 11.8 Å². The second-order valence-electron chi connectivity index (χ2n) is 7.58. The smallest absolute Gasteiger partial charge is 0.325 e. The Kier molecular flexibility index (Phi) is 9.30. The molecular weight excluding hydrogens is 418 g/mol. The largest absolute Gasteiger partial charge is 0.465 e. The minimum Gasteiger partial charge on any atom is -0.465 e. The van der Waals surface area contributed by atoms with Crippen molar-refractivity contribution in [2.45, 2.75) is 33.7 Å². The number of aryl methyl sites for hydroxylation is 1. The monoisotopic (exact) mass is 449 g/mol. The first-order chi connectivity index (χ1) is 15.7. The topological polar surface area (TPSA) is 121 Å². The molecule has 0 saturated carbocycles. The van der Waals surface area contributed by atoms with Crippen molar-refractivity contribution >= 4 is 29.2 Å². The first-order valence-electron chi connectivity index (χ1n) is 10.7. The summed E-state index contributed by atoms with van der Waals surface area (Å²) in [6.45, 7) is 8.00. The lowest BCUT2D eigenvalue weighted by Crippen LogP contribution is -2.46. The van der Waals surface area contributed by atoms with Gasteiger partial charge in [0.15, 0.2) is 0 Å². The Morgan fingerprint density at radius 3 is 2.45 bits per heavy atom. The zero-order valence-electron chi connectivity index (χ0n) is 19.5. The minimum atomic E-state index is -0.472. The normalized spacial score (nSPS) is 10.1. The Labute approximate surface area is 195 Å². The van der Waals surface area contributed by atoms with Gasteiger partial charge >= 0.3 is 12.0 Å². The molecule has 2 rings (SSSR count). The summed E-state index contributed by atoms with van der Waals surface area (Å²) in [6.07, 6.45) is 0. The van der Waals surface area contributed by atoms with Gasteiger partial charge in [-0.05, 0) is 75.7 Å². The highest BCUT2D eigenvalue weighted by Crippen LogP contribution is 2.23. The molecule has 0 aromatic heterocycles. The molecule has 33 heavy (non-hydrogen) atoms. The van der Waals surface area contributed by atoms with Crippen molar-refractivity contribution in [3.8, 4) is 11.8 Å². The maximum atomic E-state index is 12.7. The fraction of sp³-hybridized carbons (Fsp3) is 0.320. The fourth-order valence-corrected chi connectivity index (χ4v) is 3.13. The van der Waals surface area contributed by atoms with Gasteiger partial charge in [-0.2, -0.15) is 0 Å². The van der Waals surface area contributed by atoms with Crippen LogP contribution in [0.3, 0.4) is 0 Å². The van der Waals surface area contributed by atoms with Crippen LogP contribution in [0.25, 0.3) is 0 Å². The second kappa shape index (κ2) is 12.2. The third-order valence-corrected chi connectivity index (χ3v) is 4.69. The van der Waals surface area contributed by atoms with Gasteiger partial charge in [0, 0.05) is 28.5 Å². The van der Waals surface area contributed by atoms with E-state index in [0.29, 0.717) is 12.1 Å². The zero-order valence-corrected chi connectivity index (χ0v) is 19.5. The van der Waals surface area contributed by atoms with Crippen LogP contribution >= 0.6 is 0 Å². The fourth-order valence-electron chi connectivity index (χ4n) is 3.13. The molecule has 0 heterocycles. The number of amidine groups is 1. The number of carbonyl (C=O) groups is 2. The number of nitrogen functional groups attached to an aromatic ring is 1. The van der Waals surface area contributed by atoms with Crippen molar-refractivity contribution in [3.05, 3.63) is 59.2 Å². The van der Waals surface area contributed by atoms with Crippen LogP contribution in [0.4, 0.5) is 16.2 Å². The van der Waals surface area contributed by atoms with E-state index in [0.717, 1.165) is 22.5 Å². The zero-order chi connectivity index (χ0) is 24.4. The average molecular weight is 450 g/mol. The Bertz CT molecular complexity index is 1050. The summed E-state index contributed by atoms with van der Waals surface area (Å²) in [4.78, 5) is 25.9. The van der Waals surface area contributed by atoms with E-state index in [1.54, 1.807) is 24.0 Å². The maximum absolute atomic E-state index is 12.7. The van der Waals surface area contributed by atoms with Crippen molar-refractivity contribution in [1.29, 1.82) is 5.41 Å². The lowest BCUT2D eigenvalue weighted by atomic mass is 10.1. The van der Waals surface area contributed by atoms with Crippen LogP contribution in [0.5, 0.6) is 0 Å². The summed E-state index contributed by atoms with van der Waals surface area (Å²) in [7, 11) is 0. The predicted molar refractivity (Wildman–Crippen MR) is 132 cm³/mol. The highest BCUT2D eigenvalue weighted by Gasteiger charge is 2.21. The molecule has 0 unspecified atom stereocenters. The third kappa shape index (κ3) is 7.58. The van der Waals surface area contributed by atoms with Gasteiger partial charge in [-0.15, -0.1) is 0 Å². The third-order valence-electron chi connectivity index (χ3n) is 4.69. The Morgan fingerprint density at radius 2 is 1.88 bits per heavy atom. The summed E-state index contributed by atoms with van der Waals surface area (Å²) in [5, 5.41) is 13.2.